The van der Waals surface area contributed by atoms with Gasteiger partial charge in [0.25, 0.3) is 0 Å². The first-order valence-electron chi connectivity index (χ1n) is 4.36. The van der Waals surface area contributed by atoms with Crippen LogP contribution in [-0.4, -0.2) is 11.6 Å². The van der Waals surface area contributed by atoms with Gasteiger partial charge in [0.2, 0.25) is 0 Å². The second-order valence-electron chi connectivity index (χ2n) is 3.37. The highest BCUT2D eigenvalue weighted by molar-refractivity contribution is 6.30. The Labute approximate surface area is 83.9 Å². The molecule has 0 aliphatic carbocycles. The van der Waals surface area contributed by atoms with Crippen molar-refractivity contribution in [2.75, 3.05) is 6.61 Å². The molecule has 0 atom stereocenters. The molecular formula is C10H14ClNO. The minimum absolute atomic E-state index is 0.540. The maximum Gasteiger partial charge on any atom is 0.0888 e. The van der Waals surface area contributed by atoms with E-state index >= 15 is 0 Å². The zero-order valence-corrected chi connectivity index (χ0v) is 8.71. The molecular weight excluding hydrogens is 186 g/mol. The fourth-order valence-corrected chi connectivity index (χ4v) is 1.11. The van der Waals surface area contributed by atoms with Crippen LogP contribution in [0.3, 0.4) is 0 Å². The molecule has 0 radical (unpaired) electrons. The topological polar surface area (TPSA) is 22.1 Å². The minimum atomic E-state index is 0.540. The van der Waals surface area contributed by atoms with Crippen LogP contribution in [0.15, 0.2) is 18.3 Å². The first-order valence-corrected chi connectivity index (χ1v) is 4.74. The van der Waals surface area contributed by atoms with Gasteiger partial charge in [-0.15, -0.1) is 0 Å². The third-order valence-corrected chi connectivity index (χ3v) is 1.71. The van der Waals surface area contributed by atoms with Crippen LogP contribution in [-0.2, 0) is 11.3 Å². The summed E-state index contributed by atoms with van der Waals surface area (Å²) in [5.41, 5.74) is 0.883. The average Bonchev–Trinajstić information content (AvgIpc) is 2.03. The van der Waals surface area contributed by atoms with Gasteiger partial charge in [-0.2, -0.15) is 0 Å². The van der Waals surface area contributed by atoms with E-state index in [1.807, 2.05) is 6.07 Å². The molecule has 1 rings (SSSR count). The second-order valence-corrected chi connectivity index (χ2v) is 3.81. The lowest BCUT2D eigenvalue weighted by atomic mass is 10.2. The van der Waals surface area contributed by atoms with E-state index in [-0.39, 0.29) is 0 Å². The number of halogens is 1. The first kappa shape index (κ1) is 10.5. The molecule has 0 N–H and O–H groups in total. The van der Waals surface area contributed by atoms with Crippen LogP contribution in [0.25, 0.3) is 0 Å². The number of hydrogen-bond acceptors (Lipinski definition) is 2. The lowest BCUT2D eigenvalue weighted by molar-refractivity contribution is 0.0948. The van der Waals surface area contributed by atoms with E-state index in [2.05, 4.69) is 18.8 Å². The van der Waals surface area contributed by atoms with E-state index in [9.17, 15) is 0 Å². The Balaban J connectivity index is 2.37. The molecule has 72 valence electrons. The van der Waals surface area contributed by atoms with Crippen molar-refractivity contribution in [2.45, 2.75) is 20.5 Å². The monoisotopic (exact) mass is 199 g/mol. The maximum atomic E-state index is 5.79. The Morgan fingerprint density at radius 3 is 2.92 bits per heavy atom. The standard InChI is InChI=1S/C10H14ClNO/c1-8(2)6-13-7-10-5-9(11)3-4-12-10/h3-5,8H,6-7H2,1-2H3. The van der Waals surface area contributed by atoms with Crippen molar-refractivity contribution in [1.82, 2.24) is 4.98 Å². The van der Waals surface area contributed by atoms with E-state index < -0.39 is 0 Å². The summed E-state index contributed by atoms with van der Waals surface area (Å²) in [4.78, 5) is 4.13. The summed E-state index contributed by atoms with van der Waals surface area (Å²) in [6.45, 7) is 5.53. The Morgan fingerprint density at radius 1 is 1.54 bits per heavy atom. The number of rotatable bonds is 4. The highest BCUT2D eigenvalue weighted by Crippen LogP contribution is 2.09. The van der Waals surface area contributed by atoms with Gasteiger partial charge in [0, 0.05) is 17.8 Å². The van der Waals surface area contributed by atoms with Crippen molar-refractivity contribution in [3.63, 3.8) is 0 Å². The van der Waals surface area contributed by atoms with Crippen molar-refractivity contribution >= 4 is 11.6 Å². The van der Waals surface area contributed by atoms with Crippen LogP contribution in [0.5, 0.6) is 0 Å². The molecule has 0 aromatic carbocycles. The first-order chi connectivity index (χ1) is 6.18. The van der Waals surface area contributed by atoms with Crippen LogP contribution in [0.4, 0.5) is 0 Å². The van der Waals surface area contributed by atoms with Crippen molar-refractivity contribution < 1.29 is 4.74 Å². The molecule has 0 fully saturated rings. The third kappa shape index (κ3) is 4.25. The lowest BCUT2D eigenvalue weighted by Crippen LogP contribution is -2.02. The summed E-state index contributed by atoms with van der Waals surface area (Å²) < 4.78 is 5.41. The van der Waals surface area contributed by atoms with Gasteiger partial charge in [0.1, 0.15) is 0 Å². The molecule has 1 aromatic heterocycles. The molecule has 0 bridgehead atoms. The molecule has 0 unspecified atom stereocenters. The molecule has 0 amide bonds. The van der Waals surface area contributed by atoms with Crippen LogP contribution in [0.2, 0.25) is 5.02 Å². The lowest BCUT2D eigenvalue weighted by Gasteiger charge is -2.05. The Morgan fingerprint density at radius 2 is 2.31 bits per heavy atom. The quantitative estimate of drug-likeness (QED) is 0.744. The third-order valence-electron chi connectivity index (χ3n) is 1.48. The Kier molecular flexibility index (Phi) is 4.19. The summed E-state index contributed by atoms with van der Waals surface area (Å²) in [6, 6.07) is 3.58. The number of pyridine rings is 1. The molecule has 1 aromatic rings. The average molecular weight is 200 g/mol. The zero-order valence-electron chi connectivity index (χ0n) is 7.96. The molecule has 3 heteroatoms. The van der Waals surface area contributed by atoms with Crippen LogP contribution >= 0.6 is 11.6 Å². The van der Waals surface area contributed by atoms with E-state index in [4.69, 9.17) is 16.3 Å². The second kappa shape index (κ2) is 5.20. The smallest absolute Gasteiger partial charge is 0.0888 e. The Hall–Kier alpha value is -0.600. The molecule has 2 nitrogen and oxygen atoms in total. The molecule has 0 saturated carbocycles. The van der Waals surface area contributed by atoms with Crippen molar-refractivity contribution in [3.05, 3.63) is 29.0 Å². The van der Waals surface area contributed by atoms with Gasteiger partial charge in [-0.1, -0.05) is 25.4 Å². The van der Waals surface area contributed by atoms with Gasteiger partial charge in [0.05, 0.1) is 12.3 Å². The molecule has 0 aliphatic rings. The predicted octanol–water partition coefficient (Wildman–Crippen LogP) is 2.91. The minimum Gasteiger partial charge on any atom is -0.375 e. The highest BCUT2D eigenvalue weighted by atomic mass is 35.5. The number of hydrogen-bond donors (Lipinski definition) is 0. The van der Waals surface area contributed by atoms with E-state index in [0.29, 0.717) is 17.5 Å². The van der Waals surface area contributed by atoms with Gasteiger partial charge in [-0.05, 0) is 18.1 Å². The zero-order chi connectivity index (χ0) is 9.68. The van der Waals surface area contributed by atoms with Crippen LogP contribution in [0, 0.1) is 5.92 Å². The van der Waals surface area contributed by atoms with E-state index in [0.717, 1.165) is 12.3 Å². The van der Waals surface area contributed by atoms with Crippen LogP contribution in [0.1, 0.15) is 19.5 Å². The maximum absolute atomic E-state index is 5.79. The summed E-state index contributed by atoms with van der Waals surface area (Å²) in [5, 5.41) is 0.707. The summed E-state index contributed by atoms with van der Waals surface area (Å²) in [7, 11) is 0. The van der Waals surface area contributed by atoms with E-state index in [1.54, 1.807) is 12.3 Å². The van der Waals surface area contributed by atoms with Crippen molar-refractivity contribution in [1.29, 1.82) is 0 Å². The highest BCUT2D eigenvalue weighted by Gasteiger charge is 1.97. The van der Waals surface area contributed by atoms with Gasteiger partial charge >= 0.3 is 0 Å². The summed E-state index contributed by atoms with van der Waals surface area (Å²) in [6.07, 6.45) is 1.69. The van der Waals surface area contributed by atoms with Gasteiger partial charge < -0.3 is 4.74 Å². The molecule has 1 heterocycles. The largest absolute Gasteiger partial charge is 0.375 e. The number of nitrogens with zero attached hydrogens (tertiary/aromatic N) is 1. The number of ether oxygens (including phenoxy) is 1. The van der Waals surface area contributed by atoms with Gasteiger partial charge in [0.15, 0.2) is 0 Å². The molecule has 0 aliphatic heterocycles. The molecule has 0 saturated heterocycles. The van der Waals surface area contributed by atoms with E-state index in [1.165, 1.54) is 0 Å². The van der Waals surface area contributed by atoms with Gasteiger partial charge in [-0.3, -0.25) is 4.98 Å². The fourth-order valence-electron chi connectivity index (χ4n) is 0.927. The van der Waals surface area contributed by atoms with Gasteiger partial charge in [-0.25, -0.2) is 0 Å². The molecule has 0 spiro atoms. The van der Waals surface area contributed by atoms with Crippen LogP contribution < -0.4 is 0 Å². The van der Waals surface area contributed by atoms with Crippen molar-refractivity contribution in [3.8, 4) is 0 Å². The molecule has 13 heavy (non-hydrogen) atoms. The van der Waals surface area contributed by atoms with Crippen molar-refractivity contribution in [2.24, 2.45) is 5.92 Å². The normalized spacial score (nSPS) is 10.8. The predicted molar refractivity (Wildman–Crippen MR) is 53.7 cm³/mol. The number of aromatic nitrogens is 1. The fraction of sp³-hybridized carbons (Fsp3) is 0.500. The summed E-state index contributed by atoms with van der Waals surface area (Å²) >= 11 is 5.79. The Bertz CT molecular complexity index is 263. The summed E-state index contributed by atoms with van der Waals surface area (Å²) in [5.74, 6) is 0.555. The SMILES string of the molecule is CC(C)COCc1cc(Cl)ccn1.